The van der Waals surface area contributed by atoms with Crippen molar-refractivity contribution in [1.82, 2.24) is 10.2 Å². The summed E-state index contributed by atoms with van der Waals surface area (Å²) in [7, 11) is 1.67. The Morgan fingerprint density at radius 2 is 2.35 bits per heavy atom. The SMILES string of the molecule is COCCN(C(=O)CC1CSCCN1)C(C)C. The van der Waals surface area contributed by atoms with E-state index in [1.54, 1.807) is 7.11 Å². The number of rotatable bonds is 6. The molecule has 0 aromatic heterocycles. The molecule has 0 aromatic carbocycles. The molecule has 1 atom stereocenters. The van der Waals surface area contributed by atoms with Crippen LogP contribution >= 0.6 is 11.8 Å². The van der Waals surface area contributed by atoms with E-state index in [0.717, 1.165) is 18.1 Å². The number of carbonyl (C=O) groups is 1. The molecule has 0 radical (unpaired) electrons. The van der Waals surface area contributed by atoms with E-state index in [2.05, 4.69) is 19.2 Å². The minimum atomic E-state index is 0.233. The Morgan fingerprint density at radius 1 is 1.59 bits per heavy atom. The van der Waals surface area contributed by atoms with Gasteiger partial charge in [0.05, 0.1) is 6.61 Å². The Bertz CT molecular complexity index is 231. The smallest absolute Gasteiger partial charge is 0.224 e. The van der Waals surface area contributed by atoms with E-state index in [4.69, 9.17) is 4.74 Å². The molecule has 100 valence electrons. The summed E-state index contributed by atoms with van der Waals surface area (Å²) >= 11 is 1.93. The van der Waals surface area contributed by atoms with Crippen molar-refractivity contribution in [1.29, 1.82) is 0 Å². The lowest BCUT2D eigenvalue weighted by Crippen LogP contribution is -2.45. The van der Waals surface area contributed by atoms with Gasteiger partial charge < -0.3 is 15.0 Å². The largest absolute Gasteiger partial charge is 0.383 e. The molecule has 0 aromatic rings. The fraction of sp³-hybridized carbons (Fsp3) is 0.917. The molecule has 0 bridgehead atoms. The number of methoxy groups -OCH3 is 1. The summed E-state index contributed by atoms with van der Waals surface area (Å²) in [6.07, 6.45) is 0.606. The van der Waals surface area contributed by atoms with Crippen LogP contribution in [0.1, 0.15) is 20.3 Å². The Balaban J connectivity index is 2.40. The van der Waals surface area contributed by atoms with Crippen LogP contribution in [0.2, 0.25) is 0 Å². The third kappa shape index (κ3) is 5.27. The molecule has 1 fully saturated rings. The van der Waals surface area contributed by atoms with Crippen LogP contribution in [-0.2, 0) is 9.53 Å². The summed E-state index contributed by atoms with van der Waals surface area (Å²) in [6, 6.07) is 0.582. The average Bonchev–Trinajstić information content (AvgIpc) is 2.30. The molecule has 1 heterocycles. The van der Waals surface area contributed by atoms with Gasteiger partial charge in [0.2, 0.25) is 5.91 Å². The van der Waals surface area contributed by atoms with Crippen LogP contribution in [0.25, 0.3) is 0 Å². The van der Waals surface area contributed by atoms with Crippen molar-refractivity contribution in [3.8, 4) is 0 Å². The Kier molecular flexibility index (Phi) is 6.92. The van der Waals surface area contributed by atoms with Gasteiger partial charge in [-0.1, -0.05) is 0 Å². The highest BCUT2D eigenvalue weighted by Gasteiger charge is 2.22. The van der Waals surface area contributed by atoms with Gasteiger partial charge in [-0.05, 0) is 13.8 Å². The molecule has 1 amide bonds. The molecular formula is C12H24N2O2S. The normalized spacial score (nSPS) is 20.6. The van der Waals surface area contributed by atoms with Gasteiger partial charge in [0.15, 0.2) is 0 Å². The number of ether oxygens (including phenoxy) is 1. The highest BCUT2D eigenvalue weighted by molar-refractivity contribution is 7.99. The molecule has 1 rings (SSSR count). The summed E-state index contributed by atoms with van der Waals surface area (Å²) in [4.78, 5) is 14.1. The highest BCUT2D eigenvalue weighted by atomic mass is 32.2. The standard InChI is InChI=1S/C12H24N2O2S/c1-10(2)14(5-6-16-3)12(15)8-11-9-17-7-4-13-11/h10-11,13H,4-9H2,1-3H3. The second-order valence-corrected chi connectivity index (χ2v) is 5.75. The first-order valence-corrected chi connectivity index (χ1v) is 7.40. The van der Waals surface area contributed by atoms with E-state index in [9.17, 15) is 4.79 Å². The Labute approximate surface area is 108 Å². The van der Waals surface area contributed by atoms with Gasteiger partial charge in [-0.3, -0.25) is 4.79 Å². The van der Waals surface area contributed by atoms with Crippen molar-refractivity contribution >= 4 is 17.7 Å². The molecule has 1 aliphatic heterocycles. The summed E-state index contributed by atoms with van der Waals surface area (Å²) in [5.74, 6) is 2.43. The maximum absolute atomic E-state index is 12.2. The van der Waals surface area contributed by atoms with Crippen molar-refractivity contribution in [2.45, 2.75) is 32.4 Å². The molecule has 0 aliphatic carbocycles. The molecule has 17 heavy (non-hydrogen) atoms. The van der Waals surface area contributed by atoms with Crippen LogP contribution in [0, 0.1) is 0 Å². The quantitative estimate of drug-likeness (QED) is 0.772. The van der Waals surface area contributed by atoms with Crippen LogP contribution in [0.15, 0.2) is 0 Å². The summed E-state index contributed by atoms with van der Waals surface area (Å²) in [5.41, 5.74) is 0. The van der Waals surface area contributed by atoms with Crippen LogP contribution in [0.3, 0.4) is 0 Å². The number of nitrogens with zero attached hydrogens (tertiary/aromatic N) is 1. The molecule has 1 saturated heterocycles. The van der Waals surface area contributed by atoms with Gasteiger partial charge in [0.25, 0.3) is 0 Å². The molecule has 0 spiro atoms. The molecule has 5 heteroatoms. The molecule has 1 N–H and O–H groups in total. The highest BCUT2D eigenvalue weighted by Crippen LogP contribution is 2.12. The van der Waals surface area contributed by atoms with E-state index in [0.29, 0.717) is 25.6 Å². The number of hydrogen-bond acceptors (Lipinski definition) is 4. The minimum Gasteiger partial charge on any atom is -0.383 e. The summed E-state index contributed by atoms with van der Waals surface area (Å²) < 4.78 is 5.05. The van der Waals surface area contributed by atoms with E-state index < -0.39 is 0 Å². The van der Waals surface area contributed by atoms with Gasteiger partial charge in [0.1, 0.15) is 0 Å². The lowest BCUT2D eigenvalue weighted by atomic mass is 10.2. The second-order valence-electron chi connectivity index (χ2n) is 4.60. The topological polar surface area (TPSA) is 41.6 Å². The molecule has 1 unspecified atom stereocenters. The van der Waals surface area contributed by atoms with E-state index in [1.807, 2.05) is 16.7 Å². The lowest BCUT2D eigenvalue weighted by Gasteiger charge is -2.30. The van der Waals surface area contributed by atoms with Crippen molar-refractivity contribution in [2.24, 2.45) is 0 Å². The van der Waals surface area contributed by atoms with Crippen molar-refractivity contribution in [2.75, 3.05) is 38.3 Å². The second kappa shape index (κ2) is 7.95. The first-order valence-electron chi connectivity index (χ1n) is 6.24. The number of amides is 1. The van der Waals surface area contributed by atoms with Crippen molar-refractivity contribution in [3.63, 3.8) is 0 Å². The Hall–Kier alpha value is -0.260. The van der Waals surface area contributed by atoms with E-state index in [-0.39, 0.29) is 11.9 Å². The number of nitrogens with one attached hydrogen (secondary N) is 1. The van der Waals surface area contributed by atoms with Gasteiger partial charge >= 0.3 is 0 Å². The number of thioether (sulfide) groups is 1. The summed E-state index contributed by atoms with van der Waals surface area (Å²) in [5, 5.41) is 3.40. The zero-order valence-electron chi connectivity index (χ0n) is 11.1. The third-order valence-corrected chi connectivity index (χ3v) is 4.03. The molecule has 0 saturated carbocycles. The van der Waals surface area contributed by atoms with Crippen LogP contribution < -0.4 is 5.32 Å². The fourth-order valence-electron chi connectivity index (χ4n) is 1.94. The predicted octanol–water partition coefficient (Wildman–Crippen LogP) is 0.965. The first-order chi connectivity index (χ1) is 8.15. The van der Waals surface area contributed by atoms with Gasteiger partial charge in [0, 0.05) is 50.2 Å². The van der Waals surface area contributed by atoms with E-state index in [1.165, 1.54) is 0 Å². The number of carbonyl (C=O) groups excluding carboxylic acids is 1. The summed E-state index contributed by atoms with van der Waals surface area (Å²) in [6.45, 7) is 6.42. The minimum absolute atomic E-state index is 0.233. The van der Waals surface area contributed by atoms with Crippen molar-refractivity contribution < 1.29 is 9.53 Å². The van der Waals surface area contributed by atoms with Gasteiger partial charge in [-0.2, -0.15) is 11.8 Å². The van der Waals surface area contributed by atoms with Crippen LogP contribution in [0.5, 0.6) is 0 Å². The zero-order valence-corrected chi connectivity index (χ0v) is 11.9. The van der Waals surface area contributed by atoms with E-state index >= 15 is 0 Å². The number of hydrogen-bond donors (Lipinski definition) is 1. The third-order valence-electron chi connectivity index (χ3n) is 2.90. The zero-order chi connectivity index (χ0) is 12.7. The van der Waals surface area contributed by atoms with Crippen LogP contribution in [-0.4, -0.2) is 61.2 Å². The molecule has 4 nitrogen and oxygen atoms in total. The molecular weight excluding hydrogens is 236 g/mol. The maximum atomic E-state index is 12.2. The lowest BCUT2D eigenvalue weighted by molar-refractivity contribution is -0.134. The average molecular weight is 260 g/mol. The maximum Gasteiger partial charge on any atom is 0.224 e. The predicted molar refractivity (Wildman–Crippen MR) is 72.5 cm³/mol. The van der Waals surface area contributed by atoms with Crippen molar-refractivity contribution in [3.05, 3.63) is 0 Å². The monoisotopic (exact) mass is 260 g/mol. The first kappa shape index (κ1) is 14.8. The Morgan fingerprint density at radius 3 is 2.88 bits per heavy atom. The van der Waals surface area contributed by atoms with Gasteiger partial charge in [-0.25, -0.2) is 0 Å². The fourth-order valence-corrected chi connectivity index (χ4v) is 2.89. The van der Waals surface area contributed by atoms with Crippen LogP contribution in [0.4, 0.5) is 0 Å². The van der Waals surface area contributed by atoms with Gasteiger partial charge in [-0.15, -0.1) is 0 Å². The molecule has 1 aliphatic rings.